The lowest BCUT2D eigenvalue weighted by Gasteiger charge is -2.10. The Hall–Kier alpha value is -2.13. The van der Waals surface area contributed by atoms with Gasteiger partial charge in [0.2, 0.25) is 0 Å². The molecule has 0 radical (unpaired) electrons. The van der Waals surface area contributed by atoms with E-state index in [1.165, 1.54) is 0 Å². The Balaban J connectivity index is 2.27. The Morgan fingerprint density at radius 2 is 1.68 bits per heavy atom. The van der Waals surface area contributed by atoms with Crippen LogP contribution in [0.1, 0.15) is 26.3 Å². The molecule has 2 aromatic rings. The first-order valence-electron chi connectivity index (χ1n) is 5.75. The predicted molar refractivity (Wildman–Crippen MR) is 75.8 cm³/mol. The molecule has 0 aliphatic rings. The van der Waals surface area contributed by atoms with Crippen molar-refractivity contribution in [2.45, 2.75) is 6.92 Å². The molecule has 0 atom stereocenters. The largest absolute Gasteiger partial charge is 0.322 e. The summed E-state index contributed by atoms with van der Waals surface area (Å²) in [5, 5.41) is 2.24. The van der Waals surface area contributed by atoms with Crippen molar-refractivity contribution in [2.24, 2.45) is 0 Å². The van der Waals surface area contributed by atoms with Gasteiger partial charge in [0, 0.05) is 16.8 Å². The van der Waals surface area contributed by atoms with Gasteiger partial charge in [0.25, 0.3) is 11.1 Å². The summed E-state index contributed by atoms with van der Waals surface area (Å²) in [6.45, 7) is 1.75. The second kappa shape index (κ2) is 5.67. The molecule has 0 spiro atoms. The van der Waals surface area contributed by atoms with Crippen LogP contribution < -0.4 is 5.32 Å². The van der Waals surface area contributed by atoms with Gasteiger partial charge >= 0.3 is 0 Å². The van der Waals surface area contributed by atoms with E-state index in [1.54, 1.807) is 49.4 Å². The zero-order chi connectivity index (χ0) is 13.8. The van der Waals surface area contributed by atoms with E-state index in [-0.39, 0.29) is 5.91 Å². The highest BCUT2D eigenvalue weighted by molar-refractivity contribution is 6.68. The van der Waals surface area contributed by atoms with Gasteiger partial charge in [-0.2, -0.15) is 0 Å². The minimum absolute atomic E-state index is 0.220. The van der Waals surface area contributed by atoms with Crippen LogP contribution in [0.3, 0.4) is 0 Å². The number of nitrogens with one attached hydrogen (secondary N) is 1. The first-order valence-corrected chi connectivity index (χ1v) is 6.13. The molecule has 0 fully saturated rings. The summed E-state index contributed by atoms with van der Waals surface area (Å²) in [5.74, 6) is -0.220. The summed E-state index contributed by atoms with van der Waals surface area (Å²) in [6, 6.07) is 13.9. The molecule has 0 heterocycles. The van der Waals surface area contributed by atoms with Crippen molar-refractivity contribution in [2.75, 3.05) is 5.32 Å². The van der Waals surface area contributed by atoms with E-state index >= 15 is 0 Å². The third-order valence-electron chi connectivity index (χ3n) is 2.83. The minimum Gasteiger partial charge on any atom is -0.322 e. The van der Waals surface area contributed by atoms with E-state index in [1.807, 2.05) is 6.07 Å². The number of anilines is 1. The number of hydrogen-bond acceptors (Lipinski definition) is 2. The van der Waals surface area contributed by atoms with Crippen molar-refractivity contribution < 1.29 is 9.59 Å². The first-order chi connectivity index (χ1) is 9.09. The van der Waals surface area contributed by atoms with Crippen molar-refractivity contribution >= 4 is 28.4 Å². The first kappa shape index (κ1) is 13.3. The van der Waals surface area contributed by atoms with Crippen molar-refractivity contribution in [1.82, 2.24) is 0 Å². The van der Waals surface area contributed by atoms with Crippen molar-refractivity contribution in [3.05, 3.63) is 65.2 Å². The maximum Gasteiger partial charge on any atom is 0.255 e. The van der Waals surface area contributed by atoms with Crippen LogP contribution in [-0.2, 0) is 0 Å². The maximum absolute atomic E-state index is 12.0. The summed E-state index contributed by atoms with van der Waals surface area (Å²) in [4.78, 5) is 23.2. The molecule has 0 bridgehead atoms. The predicted octanol–water partition coefficient (Wildman–Crippen LogP) is 3.63. The molecule has 3 nitrogen and oxygen atoms in total. The zero-order valence-corrected chi connectivity index (χ0v) is 11.1. The molecule has 2 rings (SSSR count). The number of hydrogen-bond donors (Lipinski definition) is 1. The molecule has 1 N–H and O–H groups in total. The SMILES string of the molecule is Cc1c(NC(=O)c2ccccc2)cccc1C(=O)Cl. The van der Waals surface area contributed by atoms with Gasteiger partial charge < -0.3 is 5.32 Å². The van der Waals surface area contributed by atoms with E-state index in [2.05, 4.69) is 5.32 Å². The van der Waals surface area contributed by atoms with Crippen LogP contribution in [-0.4, -0.2) is 11.1 Å². The fraction of sp³-hybridized carbons (Fsp3) is 0.0667. The molecule has 0 aromatic heterocycles. The van der Waals surface area contributed by atoms with Gasteiger partial charge in [0.05, 0.1) is 0 Å². The highest BCUT2D eigenvalue weighted by Crippen LogP contribution is 2.21. The molecule has 2 aromatic carbocycles. The molecule has 0 unspecified atom stereocenters. The number of rotatable bonds is 3. The Morgan fingerprint density at radius 1 is 1.00 bits per heavy atom. The van der Waals surface area contributed by atoms with E-state index in [9.17, 15) is 9.59 Å². The van der Waals surface area contributed by atoms with Gasteiger partial charge in [0.15, 0.2) is 0 Å². The molecular formula is C15H12ClNO2. The summed E-state index contributed by atoms with van der Waals surface area (Å²) >= 11 is 5.48. The summed E-state index contributed by atoms with van der Waals surface area (Å²) in [7, 11) is 0. The van der Waals surface area contributed by atoms with Gasteiger partial charge in [-0.3, -0.25) is 9.59 Å². The number of amides is 1. The van der Waals surface area contributed by atoms with Gasteiger partial charge in [0.1, 0.15) is 0 Å². The van der Waals surface area contributed by atoms with E-state index in [0.717, 1.165) is 0 Å². The zero-order valence-electron chi connectivity index (χ0n) is 10.3. The second-order valence-corrected chi connectivity index (χ2v) is 4.42. The molecule has 0 saturated carbocycles. The molecule has 0 aliphatic heterocycles. The van der Waals surface area contributed by atoms with Crippen LogP contribution in [0.25, 0.3) is 0 Å². The highest BCUT2D eigenvalue weighted by Gasteiger charge is 2.12. The van der Waals surface area contributed by atoms with Crippen LogP contribution in [0, 0.1) is 6.92 Å². The summed E-state index contributed by atoms with van der Waals surface area (Å²) < 4.78 is 0. The monoisotopic (exact) mass is 273 g/mol. The van der Waals surface area contributed by atoms with Crippen LogP contribution in [0.15, 0.2) is 48.5 Å². The molecule has 96 valence electrons. The Morgan fingerprint density at radius 3 is 2.32 bits per heavy atom. The summed E-state index contributed by atoms with van der Waals surface area (Å²) in [6.07, 6.45) is 0. The normalized spacial score (nSPS) is 10.0. The molecular weight excluding hydrogens is 262 g/mol. The summed E-state index contributed by atoms with van der Waals surface area (Å²) in [5.41, 5.74) is 2.20. The van der Waals surface area contributed by atoms with Gasteiger partial charge in [-0.05, 0) is 48.4 Å². The number of benzene rings is 2. The molecule has 0 aliphatic carbocycles. The van der Waals surface area contributed by atoms with E-state index in [4.69, 9.17) is 11.6 Å². The van der Waals surface area contributed by atoms with E-state index in [0.29, 0.717) is 22.4 Å². The van der Waals surface area contributed by atoms with Crippen LogP contribution in [0.4, 0.5) is 5.69 Å². The molecule has 4 heteroatoms. The fourth-order valence-electron chi connectivity index (χ4n) is 1.77. The minimum atomic E-state index is -0.534. The van der Waals surface area contributed by atoms with Crippen molar-refractivity contribution in [3.63, 3.8) is 0 Å². The average molecular weight is 274 g/mol. The lowest BCUT2D eigenvalue weighted by molar-refractivity contribution is 0.102. The third kappa shape index (κ3) is 3.01. The van der Waals surface area contributed by atoms with Gasteiger partial charge in [-0.15, -0.1) is 0 Å². The van der Waals surface area contributed by atoms with Gasteiger partial charge in [-0.1, -0.05) is 24.3 Å². The quantitative estimate of drug-likeness (QED) is 0.868. The highest BCUT2D eigenvalue weighted by atomic mass is 35.5. The standard InChI is InChI=1S/C15H12ClNO2/c1-10-12(14(16)18)8-5-9-13(10)17-15(19)11-6-3-2-4-7-11/h2-9H,1H3,(H,17,19). The smallest absolute Gasteiger partial charge is 0.255 e. The Kier molecular flexibility index (Phi) is 3.97. The second-order valence-electron chi connectivity index (χ2n) is 4.07. The van der Waals surface area contributed by atoms with Crippen molar-refractivity contribution in [3.8, 4) is 0 Å². The Bertz CT molecular complexity index is 623. The average Bonchev–Trinajstić information content (AvgIpc) is 2.41. The van der Waals surface area contributed by atoms with Gasteiger partial charge in [-0.25, -0.2) is 0 Å². The Labute approximate surface area is 116 Å². The number of halogens is 1. The fourth-order valence-corrected chi connectivity index (χ4v) is 1.97. The maximum atomic E-state index is 12.0. The van der Waals surface area contributed by atoms with Crippen LogP contribution in [0.5, 0.6) is 0 Å². The lowest BCUT2D eigenvalue weighted by Crippen LogP contribution is -2.13. The van der Waals surface area contributed by atoms with Crippen molar-refractivity contribution in [1.29, 1.82) is 0 Å². The molecule has 19 heavy (non-hydrogen) atoms. The molecule has 0 saturated heterocycles. The van der Waals surface area contributed by atoms with Crippen LogP contribution >= 0.6 is 11.6 Å². The topological polar surface area (TPSA) is 46.2 Å². The molecule has 1 amide bonds. The number of carbonyl (C=O) groups excluding carboxylic acids is 2. The number of carbonyl (C=O) groups is 2. The van der Waals surface area contributed by atoms with Crippen LogP contribution in [0.2, 0.25) is 0 Å². The lowest BCUT2D eigenvalue weighted by atomic mass is 10.1. The van der Waals surface area contributed by atoms with E-state index < -0.39 is 5.24 Å². The third-order valence-corrected chi connectivity index (χ3v) is 3.03.